The molecule has 0 amide bonds. The monoisotopic (exact) mass is 241 g/mol. The van der Waals surface area contributed by atoms with E-state index in [2.05, 4.69) is 4.98 Å². The first-order chi connectivity index (χ1) is 8.74. The van der Waals surface area contributed by atoms with E-state index in [1.807, 2.05) is 24.3 Å². The van der Waals surface area contributed by atoms with Gasteiger partial charge in [0.15, 0.2) is 17.3 Å². The quantitative estimate of drug-likeness (QED) is 0.758. The lowest BCUT2D eigenvalue weighted by molar-refractivity contribution is 0.101. The molecule has 0 bridgehead atoms. The zero-order valence-corrected chi connectivity index (χ0v) is 9.84. The van der Waals surface area contributed by atoms with Crippen LogP contribution in [0, 0.1) is 0 Å². The molecule has 1 aliphatic heterocycles. The van der Waals surface area contributed by atoms with Crippen LogP contribution in [0.15, 0.2) is 36.7 Å². The molecule has 0 unspecified atom stereocenters. The Morgan fingerprint density at radius 2 is 1.94 bits per heavy atom. The minimum absolute atomic E-state index is 0.00472. The van der Waals surface area contributed by atoms with Gasteiger partial charge in [-0.05, 0) is 30.7 Å². The van der Waals surface area contributed by atoms with Crippen LogP contribution in [0.25, 0.3) is 11.1 Å². The number of pyridine rings is 1. The number of fused-ring (bicyclic) bond motifs is 1. The molecular weight excluding hydrogens is 230 g/mol. The summed E-state index contributed by atoms with van der Waals surface area (Å²) in [5.74, 6) is 1.47. The van der Waals surface area contributed by atoms with Crippen LogP contribution < -0.4 is 9.47 Å². The van der Waals surface area contributed by atoms with E-state index in [0.717, 1.165) is 22.6 Å². The zero-order chi connectivity index (χ0) is 12.5. The molecule has 90 valence electrons. The van der Waals surface area contributed by atoms with Gasteiger partial charge in [0.05, 0.1) is 0 Å². The normalized spacial score (nSPS) is 12.5. The van der Waals surface area contributed by atoms with Gasteiger partial charge in [-0.3, -0.25) is 9.78 Å². The summed E-state index contributed by atoms with van der Waals surface area (Å²) in [5, 5.41) is 0. The summed E-state index contributed by atoms with van der Waals surface area (Å²) >= 11 is 0. The van der Waals surface area contributed by atoms with E-state index >= 15 is 0 Å². The molecule has 0 saturated carbocycles. The molecule has 1 aromatic heterocycles. The summed E-state index contributed by atoms with van der Waals surface area (Å²) in [5.41, 5.74) is 2.45. The lowest BCUT2D eigenvalue weighted by Gasteiger charge is -2.04. The van der Waals surface area contributed by atoms with Crippen molar-refractivity contribution in [2.45, 2.75) is 6.92 Å². The minimum atomic E-state index is 0.00472. The van der Waals surface area contributed by atoms with Crippen molar-refractivity contribution in [3.63, 3.8) is 0 Å². The lowest BCUT2D eigenvalue weighted by atomic mass is 10.0. The number of hydrogen-bond acceptors (Lipinski definition) is 4. The van der Waals surface area contributed by atoms with Gasteiger partial charge in [-0.25, -0.2) is 0 Å². The van der Waals surface area contributed by atoms with Gasteiger partial charge in [-0.2, -0.15) is 0 Å². The highest BCUT2D eigenvalue weighted by Crippen LogP contribution is 2.35. The number of Topliss-reactive ketones (excluding diaryl/α,β-unsaturated/α-hetero) is 1. The zero-order valence-electron chi connectivity index (χ0n) is 9.84. The van der Waals surface area contributed by atoms with Crippen molar-refractivity contribution in [1.82, 2.24) is 4.98 Å². The maximum atomic E-state index is 11.3. The Labute approximate surface area is 104 Å². The van der Waals surface area contributed by atoms with Crippen molar-refractivity contribution in [2.75, 3.05) is 6.79 Å². The third-order valence-electron chi connectivity index (χ3n) is 2.85. The summed E-state index contributed by atoms with van der Waals surface area (Å²) in [6, 6.07) is 7.50. The Bertz CT molecular complexity index is 622. The topological polar surface area (TPSA) is 48.4 Å². The van der Waals surface area contributed by atoms with Crippen LogP contribution in [-0.2, 0) is 0 Å². The van der Waals surface area contributed by atoms with E-state index in [0.29, 0.717) is 5.56 Å². The summed E-state index contributed by atoms with van der Waals surface area (Å²) in [4.78, 5) is 15.4. The molecular formula is C14H11NO3. The molecule has 2 aromatic rings. The molecule has 1 aliphatic rings. The fourth-order valence-corrected chi connectivity index (χ4v) is 1.87. The number of carbonyl (C=O) groups is 1. The molecule has 1 aromatic carbocycles. The molecule has 0 atom stereocenters. The number of nitrogens with zero attached hydrogens (tertiary/aromatic N) is 1. The lowest BCUT2D eigenvalue weighted by Crippen LogP contribution is -1.93. The summed E-state index contributed by atoms with van der Waals surface area (Å²) in [6.07, 6.45) is 3.29. The number of aromatic nitrogens is 1. The van der Waals surface area contributed by atoms with Gasteiger partial charge in [0.2, 0.25) is 6.79 Å². The number of ether oxygens (including phenoxy) is 2. The average Bonchev–Trinajstić information content (AvgIpc) is 2.86. The molecule has 18 heavy (non-hydrogen) atoms. The van der Waals surface area contributed by atoms with Gasteiger partial charge in [-0.15, -0.1) is 0 Å². The first-order valence-electron chi connectivity index (χ1n) is 5.60. The number of carbonyl (C=O) groups excluding carboxylic acids is 1. The molecule has 0 fully saturated rings. The Kier molecular flexibility index (Phi) is 2.48. The molecule has 0 radical (unpaired) electrons. The maximum Gasteiger partial charge on any atom is 0.231 e. The van der Waals surface area contributed by atoms with E-state index in [1.165, 1.54) is 6.92 Å². The number of benzene rings is 1. The molecule has 0 N–H and O–H groups in total. The minimum Gasteiger partial charge on any atom is -0.454 e. The first kappa shape index (κ1) is 10.8. The Balaban J connectivity index is 2.04. The second-order valence-corrected chi connectivity index (χ2v) is 4.09. The van der Waals surface area contributed by atoms with E-state index in [9.17, 15) is 4.79 Å². The van der Waals surface area contributed by atoms with Crippen LogP contribution in [0.2, 0.25) is 0 Å². The van der Waals surface area contributed by atoms with Crippen molar-refractivity contribution in [1.29, 1.82) is 0 Å². The first-order valence-corrected chi connectivity index (χ1v) is 5.60. The van der Waals surface area contributed by atoms with Gasteiger partial charge in [0.25, 0.3) is 0 Å². The van der Waals surface area contributed by atoms with Crippen LogP contribution in [0.1, 0.15) is 17.3 Å². The van der Waals surface area contributed by atoms with E-state index < -0.39 is 0 Å². The van der Waals surface area contributed by atoms with Crippen molar-refractivity contribution in [3.8, 4) is 22.6 Å². The fourth-order valence-electron chi connectivity index (χ4n) is 1.87. The Morgan fingerprint density at radius 3 is 2.78 bits per heavy atom. The van der Waals surface area contributed by atoms with E-state index in [1.54, 1.807) is 12.4 Å². The summed E-state index contributed by atoms with van der Waals surface area (Å²) in [7, 11) is 0. The van der Waals surface area contributed by atoms with Gasteiger partial charge < -0.3 is 9.47 Å². The number of hydrogen-bond donors (Lipinski definition) is 0. The SMILES string of the molecule is CC(=O)c1cncc(-c2ccc3c(c2)OCO3)c1. The van der Waals surface area contributed by atoms with Crippen molar-refractivity contribution >= 4 is 5.78 Å². The number of ketones is 1. The van der Waals surface area contributed by atoms with Gasteiger partial charge in [-0.1, -0.05) is 6.07 Å². The van der Waals surface area contributed by atoms with E-state index in [4.69, 9.17) is 9.47 Å². The second kappa shape index (κ2) is 4.14. The molecule has 4 heteroatoms. The van der Waals surface area contributed by atoms with Crippen LogP contribution in [-0.4, -0.2) is 17.6 Å². The molecule has 0 aliphatic carbocycles. The predicted molar refractivity (Wildman–Crippen MR) is 65.8 cm³/mol. The third-order valence-corrected chi connectivity index (χ3v) is 2.85. The highest BCUT2D eigenvalue weighted by Gasteiger charge is 2.14. The standard InChI is InChI=1S/C14H11NO3/c1-9(16)11-4-12(7-15-6-11)10-2-3-13-14(5-10)18-8-17-13/h2-7H,8H2,1H3. The molecule has 3 rings (SSSR count). The van der Waals surface area contributed by atoms with Crippen LogP contribution in [0.3, 0.4) is 0 Å². The molecule has 2 heterocycles. The van der Waals surface area contributed by atoms with Crippen molar-refractivity contribution in [3.05, 3.63) is 42.2 Å². The second-order valence-electron chi connectivity index (χ2n) is 4.09. The van der Waals surface area contributed by atoms with Crippen molar-refractivity contribution in [2.24, 2.45) is 0 Å². The highest BCUT2D eigenvalue weighted by atomic mass is 16.7. The smallest absolute Gasteiger partial charge is 0.231 e. The maximum absolute atomic E-state index is 11.3. The van der Waals surface area contributed by atoms with Gasteiger partial charge >= 0.3 is 0 Å². The number of rotatable bonds is 2. The Hall–Kier alpha value is -2.36. The van der Waals surface area contributed by atoms with E-state index in [-0.39, 0.29) is 12.6 Å². The summed E-state index contributed by atoms with van der Waals surface area (Å²) in [6.45, 7) is 1.78. The van der Waals surface area contributed by atoms with Gasteiger partial charge in [0.1, 0.15) is 0 Å². The van der Waals surface area contributed by atoms with Crippen LogP contribution >= 0.6 is 0 Å². The highest BCUT2D eigenvalue weighted by molar-refractivity contribution is 5.94. The fraction of sp³-hybridized carbons (Fsp3) is 0.143. The average molecular weight is 241 g/mol. The Morgan fingerprint density at radius 1 is 1.11 bits per heavy atom. The predicted octanol–water partition coefficient (Wildman–Crippen LogP) is 2.68. The summed E-state index contributed by atoms with van der Waals surface area (Å²) < 4.78 is 10.6. The molecule has 0 saturated heterocycles. The van der Waals surface area contributed by atoms with Gasteiger partial charge in [0, 0.05) is 23.5 Å². The van der Waals surface area contributed by atoms with Crippen LogP contribution in [0.4, 0.5) is 0 Å². The van der Waals surface area contributed by atoms with Crippen molar-refractivity contribution < 1.29 is 14.3 Å². The van der Waals surface area contributed by atoms with Crippen LogP contribution in [0.5, 0.6) is 11.5 Å². The molecule has 0 spiro atoms. The molecule has 4 nitrogen and oxygen atoms in total. The third kappa shape index (κ3) is 1.82. The largest absolute Gasteiger partial charge is 0.454 e.